The molecule has 0 amide bonds. The van der Waals surface area contributed by atoms with E-state index in [1.54, 1.807) is 0 Å². The molecule has 1 aliphatic heterocycles. The Labute approximate surface area is 86.6 Å². The molecule has 6 nitrogen and oxygen atoms in total. The number of aliphatic hydroxyl groups excluding tert-OH is 4. The first-order valence-electron chi connectivity index (χ1n) is 3.27. The first-order chi connectivity index (χ1) is 5.93. The summed E-state index contributed by atoms with van der Waals surface area (Å²) in [5.74, 6) is -2.85. The molecule has 0 bridgehead atoms. The Balaban J connectivity index is 3.03. The van der Waals surface area contributed by atoms with Crippen LogP contribution in [0, 0.1) is 0 Å². The summed E-state index contributed by atoms with van der Waals surface area (Å²) in [5.41, 5.74) is 0. The molecule has 0 radical (unpaired) electrons. The van der Waals surface area contributed by atoms with E-state index < -0.39 is 33.8 Å². The Hall–Kier alpha value is -0.540. The Morgan fingerprint density at radius 1 is 1.54 bits per heavy atom. The number of aliphatic hydroxyl groups is 4. The van der Waals surface area contributed by atoms with E-state index in [9.17, 15) is 15.0 Å². The lowest BCUT2D eigenvalue weighted by atomic mass is 10.2. The molecule has 0 aromatic rings. The predicted octanol–water partition coefficient (Wildman–Crippen LogP) is -0.645. The lowest BCUT2D eigenvalue weighted by Gasteiger charge is -2.24. The van der Waals surface area contributed by atoms with Crippen LogP contribution in [0.2, 0.25) is 0 Å². The number of halogens is 1. The van der Waals surface area contributed by atoms with Crippen molar-refractivity contribution in [3.63, 3.8) is 0 Å². The summed E-state index contributed by atoms with van der Waals surface area (Å²) in [7, 11) is 0. The molecule has 0 unspecified atom stereocenters. The van der Waals surface area contributed by atoms with Crippen molar-refractivity contribution in [3.05, 3.63) is 11.5 Å². The van der Waals surface area contributed by atoms with Crippen LogP contribution in [-0.4, -0.2) is 42.7 Å². The number of rotatable bonds is 2. The Bertz CT molecular complexity index is 274. The molecule has 0 spiro atoms. The van der Waals surface area contributed by atoms with Gasteiger partial charge in [-0.05, 0) is 22.6 Å². The summed E-state index contributed by atoms with van der Waals surface area (Å²) >= 11 is 1.43. The first-order valence-corrected chi connectivity index (χ1v) is 4.35. The number of carbonyl (C=O) groups is 1. The summed E-state index contributed by atoms with van der Waals surface area (Å²) in [4.78, 5) is 10.7. The monoisotopic (exact) mass is 302 g/mol. The fourth-order valence-electron chi connectivity index (χ4n) is 0.833. The van der Waals surface area contributed by atoms with Gasteiger partial charge in [-0.1, -0.05) is 0 Å². The number of esters is 1. The molecule has 0 aromatic heterocycles. The smallest absolute Gasteiger partial charge is 0.379 e. The van der Waals surface area contributed by atoms with Gasteiger partial charge in [0.15, 0.2) is 5.76 Å². The molecule has 0 fully saturated rings. The van der Waals surface area contributed by atoms with Gasteiger partial charge < -0.3 is 25.2 Å². The van der Waals surface area contributed by atoms with Crippen molar-refractivity contribution in [1.29, 1.82) is 0 Å². The molecule has 1 rings (SSSR count). The fraction of sp³-hybridized carbons (Fsp3) is 0.500. The number of cyclic esters (lactones) is 1. The highest BCUT2D eigenvalue weighted by Gasteiger charge is 2.52. The van der Waals surface area contributed by atoms with Crippen LogP contribution in [0.4, 0.5) is 0 Å². The zero-order valence-corrected chi connectivity index (χ0v) is 8.43. The second-order valence-corrected chi connectivity index (χ2v) is 4.03. The molecule has 0 saturated heterocycles. The summed E-state index contributed by atoms with van der Waals surface area (Å²) in [5, 5.41) is 35.9. The number of alkyl halides is 1. The minimum absolute atomic E-state index is 0.701. The highest BCUT2D eigenvalue weighted by Crippen LogP contribution is 2.38. The van der Waals surface area contributed by atoms with Crippen LogP contribution >= 0.6 is 22.6 Å². The molecule has 0 aliphatic carbocycles. The second-order valence-electron chi connectivity index (χ2n) is 2.43. The molecule has 1 heterocycles. The summed E-state index contributed by atoms with van der Waals surface area (Å²) in [6.07, 6.45) is -1.48. The van der Waals surface area contributed by atoms with Gasteiger partial charge in [-0.15, -0.1) is 0 Å². The maximum absolute atomic E-state index is 10.7. The fourth-order valence-corrected chi connectivity index (χ4v) is 1.49. The quantitative estimate of drug-likeness (QED) is 0.307. The highest BCUT2D eigenvalue weighted by molar-refractivity contribution is 14.1. The SMILES string of the molecule is O=C1O[C@](I)([C@@H](O)CO)C(O)=C1O. The van der Waals surface area contributed by atoms with E-state index in [2.05, 4.69) is 4.74 Å². The summed E-state index contributed by atoms with van der Waals surface area (Å²) in [6, 6.07) is 0. The molecular weight excluding hydrogens is 295 g/mol. The average Bonchev–Trinajstić information content (AvgIpc) is 2.30. The van der Waals surface area contributed by atoms with Gasteiger partial charge in [0.05, 0.1) is 6.61 Å². The van der Waals surface area contributed by atoms with Gasteiger partial charge in [0.2, 0.25) is 9.37 Å². The third kappa shape index (κ3) is 1.46. The lowest BCUT2D eigenvalue weighted by molar-refractivity contribution is -0.149. The molecule has 74 valence electrons. The van der Waals surface area contributed by atoms with Crippen molar-refractivity contribution in [1.82, 2.24) is 0 Å². The number of hydrogen-bond donors (Lipinski definition) is 4. The van der Waals surface area contributed by atoms with Crippen molar-refractivity contribution in [2.24, 2.45) is 0 Å². The van der Waals surface area contributed by atoms with E-state index >= 15 is 0 Å². The van der Waals surface area contributed by atoms with E-state index in [1.807, 2.05) is 0 Å². The van der Waals surface area contributed by atoms with Gasteiger partial charge in [0.25, 0.3) is 0 Å². The van der Waals surface area contributed by atoms with Crippen LogP contribution in [0.5, 0.6) is 0 Å². The van der Waals surface area contributed by atoms with E-state index in [0.717, 1.165) is 0 Å². The van der Waals surface area contributed by atoms with Crippen LogP contribution in [0.15, 0.2) is 11.5 Å². The Morgan fingerprint density at radius 2 is 2.08 bits per heavy atom. The number of hydrogen-bond acceptors (Lipinski definition) is 6. The van der Waals surface area contributed by atoms with Gasteiger partial charge >= 0.3 is 5.97 Å². The molecule has 2 atom stereocenters. The van der Waals surface area contributed by atoms with Gasteiger partial charge in [-0.25, -0.2) is 4.79 Å². The van der Waals surface area contributed by atoms with Crippen LogP contribution in [0.3, 0.4) is 0 Å². The molecular formula is C6H7IO6. The van der Waals surface area contributed by atoms with Crippen LogP contribution in [0.1, 0.15) is 0 Å². The van der Waals surface area contributed by atoms with Gasteiger partial charge in [0.1, 0.15) is 6.10 Å². The lowest BCUT2D eigenvalue weighted by Crippen LogP contribution is -2.41. The predicted molar refractivity (Wildman–Crippen MR) is 48.2 cm³/mol. The summed E-state index contributed by atoms with van der Waals surface area (Å²) in [6.45, 7) is -0.701. The van der Waals surface area contributed by atoms with Crippen molar-refractivity contribution in [2.75, 3.05) is 6.61 Å². The number of carbonyl (C=O) groups excluding carboxylic acids is 1. The van der Waals surface area contributed by atoms with E-state index in [0.29, 0.717) is 0 Å². The van der Waals surface area contributed by atoms with Crippen molar-refractivity contribution >= 4 is 28.6 Å². The van der Waals surface area contributed by atoms with Crippen molar-refractivity contribution in [3.8, 4) is 0 Å². The van der Waals surface area contributed by atoms with Gasteiger partial charge in [0, 0.05) is 0 Å². The van der Waals surface area contributed by atoms with Crippen molar-refractivity contribution in [2.45, 2.75) is 9.71 Å². The third-order valence-electron chi connectivity index (χ3n) is 1.58. The van der Waals surface area contributed by atoms with E-state index in [-0.39, 0.29) is 0 Å². The largest absolute Gasteiger partial charge is 0.504 e. The second kappa shape index (κ2) is 3.31. The average molecular weight is 302 g/mol. The minimum Gasteiger partial charge on any atom is -0.504 e. The van der Waals surface area contributed by atoms with Crippen LogP contribution in [-0.2, 0) is 9.53 Å². The topological polar surface area (TPSA) is 107 Å². The van der Waals surface area contributed by atoms with Gasteiger partial charge in [-0.2, -0.15) is 0 Å². The zero-order chi connectivity index (χ0) is 10.2. The maximum Gasteiger partial charge on any atom is 0.379 e. The van der Waals surface area contributed by atoms with Crippen LogP contribution < -0.4 is 0 Å². The normalized spacial score (nSPS) is 30.5. The molecule has 0 saturated carbocycles. The van der Waals surface area contributed by atoms with Crippen molar-refractivity contribution < 1.29 is 30.0 Å². The highest BCUT2D eigenvalue weighted by atomic mass is 127. The third-order valence-corrected chi connectivity index (χ3v) is 3.03. The first kappa shape index (κ1) is 10.5. The summed E-state index contributed by atoms with van der Waals surface area (Å²) < 4.78 is 2.71. The van der Waals surface area contributed by atoms with Gasteiger partial charge in [-0.3, -0.25) is 0 Å². The standard InChI is InChI=1S/C6H7IO6/c7-6(2(9)1-8)4(11)3(10)5(12)13-6/h2,8-11H,1H2/t2-,6+/m0/s1. The molecule has 4 N–H and O–H groups in total. The van der Waals surface area contributed by atoms with E-state index in [1.165, 1.54) is 22.6 Å². The Morgan fingerprint density at radius 3 is 2.38 bits per heavy atom. The van der Waals surface area contributed by atoms with Crippen LogP contribution in [0.25, 0.3) is 0 Å². The van der Waals surface area contributed by atoms with E-state index in [4.69, 9.17) is 10.2 Å². The maximum atomic E-state index is 10.7. The molecule has 0 aromatic carbocycles. The minimum atomic E-state index is -1.78. The molecule has 7 heteroatoms. The Kier molecular flexibility index (Phi) is 2.68. The zero-order valence-electron chi connectivity index (χ0n) is 6.27. The molecule has 13 heavy (non-hydrogen) atoms. The molecule has 1 aliphatic rings. The number of ether oxygens (including phenoxy) is 1.